The number of aliphatic hydroxyl groups excluding tert-OH is 1. The standard InChI is InChI=1S/C27H29FN8O/c1-2-6-23(37)31-17-11-16(14-29-15-17)18-12-19-22(13-20(18)28)34-35-24(19)26-32-21-7-8-30-27(25(21)33-26)36-9-4-3-5-10-36/h7-8,11-15,23,31,37H,2-6,9-10H2,1H3,(H,32,33)(H,34,35). The second-order valence-electron chi connectivity index (χ2n) is 9.52. The Bertz CT molecular complexity index is 1560. The van der Waals surface area contributed by atoms with Gasteiger partial charge >= 0.3 is 0 Å². The van der Waals surface area contributed by atoms with E-state index in [9.17, 15) is 5.11 Å². The number of hydrogen-bond acceptors (Lipinski definition) is 7. The molecule has 1 aliphatic rings. The van der Waals surface area contributed by atoms with Crippen molar-refractivity contribution < 1.29 is 9.50 Å². The Kier molecular flexibility index (Phi) is 6.17. The van der Waals surface area contributed by atoms with Crippen LogP contribution < -0.4 is 10.2 Å². The van der Waals surface area contributed by atoms with Crippen molar-refractivity contribution in [2.75, 3.05) is 23.3 Å². The molecule has 4 N–H and O–H groups in total. The molecular weight excluding hydrogens is 471 g/mol. The van der Waals surface area contributed by atoms with Gasteiger partial charge in [0.15, 0.2) is 11.6 Å². The van der Waals surface area contributed by atoms with Gasteiger partial charge in [-0.05, 0) is 43.9 Å². The number of nitrogens with one attached hydrogen (secondary N) is 3. The number of benzene rings is 1. The zero-order valence-electron chi connectivity index (χ0n) is 20.6. The summed E-state index contributed by atoms with van der Waals surface area (Å²) in [6, 6.07) is 6.91. The maximum atomic E-state index is 15.2. The molecule has 1 aromatic carbocycles. The summed E-state index contributed by atoms with van der Waals surface area (Å²) in [5.41, 5.74) is 4.50. The van der Waals surface area contributed by atoms with Crippen LogP contribution in [0.25, 0.3) is 44.6 Å². The zero-order valence-corrected chi connectivity index (χ0v) is 20.6. The molecule has 190 valence electrons. The molecule has 1 saturated heterocycles. The largest absolute Gasteiger partial charge is 0.374 e. The van der Waals surface area contributed by atoms with Crippen LogP contribution in [-0.4, -0.2) is 54.6 Å². The molecule has 9 nitrogen and oxygen atoms in total. The molecule has 0 amide bonds. The third-order valence-electron chi connectivity index (χ3n) is 6.86. The Morgan fingerprint density at radius 1 is 1.14 bits per heavy atom. The van der Waals surface area contributed by atoms with Gasteiger partial charge in [0, 0.05) is 48.1 Å². The van der Waals surface area contributed by atoms with Crippen LogP contribution in [0.1, 0.15) is 39.0 Å². The Morgan fingerprint density at radius 3 is 2.84 bits per heavy atom. The van der Waals surface area contributed by atoms with Crippen LogP contribution in [0.2, 0.25) is 0 Å². The summed E-state index contributed by atoms with van der Waals surface area (Å²) in [5, 5.41) is 21.3. The van der Waals surface area contributed by atoms with Crippen molar-refractivity contribution in [3.05, 3.63) is 48.7 Å². The molecule has 5 heterocycles. The lowest BCUT2D eigenvalue weighted by Crippen LogP contribution is -2.30. The van der Waals surface area contributed by atoms with Crippen LogP contribution in [0, 0.1) is 5.82 Å². The number of aromatic nitrogens is 6. The molecule has 10 heteroatoms. The summed E-state index contributed by atoms with van der Waals surface area (Å²) >= 11 is 0. The second-order valence-corrected chi connectivity index (χ2v) is 9.52. The molecule has 0 spiro atoms. The number of aromatic amines is 2. The first-order valence-electron chi connectivity index (χ1n) is 12.8. The monoisotopic (exact) mass is 500 g/mol. The maximum absolute atomic E-state index is 15.2. The predicted octanol–water partition coefficient (Wildman–Crippen LogP) is 5.22. The number of fused-ring (bicyclic) bond motifs is 2. The van der Waals surface area contributed by atoms with Crippen LogP contribution in [0.3, 0.4) is 0 Å². The number of imidazole rings is 1. The molecule has 1 aliphatic heterocycles. The van der Waals surface area contributed by atoms with E-state index in [1.165, 1.54) is 12.5 Å². The number of pyridine rings is 2. The number of halogens is 1. The summed E-state index contributed by atoms with van der Waals surface area (Å²) in [6.45, 7) is 3.94. The van der Waals surface area contributed by atoms with Crippen molar-refractivity contribution in [1.29, 1.82) is 0 Å². The lowest BCUT2D eigenvalue weighted by molar-refractivity contribution is 0.192. The van der Waals surface area contributed by atoms with Gasteiger partial charge in [0.05, 0.1) is 22.9 Å². The second kappa shape index (κ2) is 9.78. The molecule has 0 radical (unpaired) electrons. The van der Waals surface area contributed by atoms with Crippen molar-refractivity contribution in [2.45, 2.75) is 45.3 Å². The van der Waals surface area contributed by atoms with E-state index in [1.54, 1.807) is 30.7 Å². The van der Waals surface area contributed by atoms with E-state index in [-0.39, 0.29) is 0 Å². The first-order chi connectivity index (χ1) is 18.1. The fraction of sp³-hybridized carbons (Fsp3) is 0.333. The minimum atomic E-state index is -0.688. The van der Waals surface area contributed by atoms with Crippen LogP contribution >= 0.6 is 0 Å². The van der Waals surface area contributed by atoms with E-state index in [1.807, 2.05) is 13.0 Å². The van der Waals surface area contributed by atoms with Gasteiger partial charge in [-0.15, -0.1) is 0 Å². The molecule has 37 heavy (non-hydrogen) atoms. The lowest BCUT2D eigenvalue weighted by atomic mass is 10.0. The Labute approximate surface area is 213 Å². The van der Waals surface area contributed by atoms with Crippen molar-refractivity contribution in [2.24, 2.45) is 0 Å². The summed E-state index contributed by atoms with van der Waals surface area (Å²) in [6.07, 6.45) is 9.33. The van der Waals surface area contributed by atoms with Crippen LogP contribution in [0.5, 0.6) is 0 Å². The molecule has 0 bridgehead atoms. The van der Waals surface area contributed by atoms with Gasteiger partial charge in [-0.1, -0.05) is 13.3 Å². The van der Waals surface area contributed by atoms with E-state index in [4.69, 9.17) is 4.98 Å². The zero-order chi connectivity index (χ0) is 25.4. The number of H-pyrrole nitrogens is 2. The highest BCUT2D eigenvalue weighted by Crippen LogP contribution is 2.34. The smallest absolute Gasteiger partial charge is 0.159 e. The van der Waals surface area contributed by atoms with Crippen LogP contribution in [0.4, 0.5) is 15.9 Å². The molecular formula is C27H29FN8O. The summed E-state index contributed by atoms with van der Waals surface area (Å²) in [5.74, 6) is 1.09. The minimum absolute atomic E-state index is 0.392. The van der Waals surface area contributed by atoms with Gasteiger partial charge in [-0.3, -0.25) is 10.1 Å². The van der Waals surface area contributed by atoms with Crippen molar-refractivity contribution >= 4 is 33.4 Å². The topological polar surface area (TPSA) is 119 Å². The first kappa shape index (κ1) is 23.4. The van der Waals surface area contributed by atoms with Gasteiger partial charge in [0.1, 0.15) is 23.3 Å². The first-order valence-corrected chi connectivity index (χ1v) is 12.8. The highest BCUT2D eigenvalue weighted by Gasteiger charge is 2.20. The predicted molar refractivity (Wildman–Crippen MR) is 143 cm³/mol. The quantitative estimate of drug-likeness (QED) is 0.226. The van der Waals surface area contributed by atoms with Crippen LogP contribution in [0.15, 0.2) is 42.9 Å². The van der Waals surface area contributed by atoms with Gasteiger partial charge in [-0.25, -0.2) is 14.4 Å². The van der Waals surface area contributed by atoms with Crippen molar-refractivity contribution in [1.82, 2.24) is 30.1 Å². The molecule has 5 aromatic rings. The number of aliphatic hydroxyl groups is 1. The number of piperidine rings is 1. The van der Waals surface area contributed by atoms with Crippen LogP contribution in [-0.2, 0) is 0 Å². The summed E-state index contributed by atoms with van der Waals surface area (Å²) in [4.78, 5) is 19.4. The third-order valence-corrected chi connectivity index (χ3v) is 6.86. The SMILES string of the molecule is CCCC(O)Nc1cncc(-c2cc3c(-c4nc5c(N6CCCCC6)nccc5[nH]4)n[nH]c3cc2F)c1. The van der Waals surface area contributed by atoms with E-state index < -0.39 is 12.0 Å². The fourth-order valence-corrected chi connectivity index (χ4v) is 5.01. The average molecular weight is 501 g/mol. The van der Waals surface area contributed by atoms with E-state index >= 15 is 4.39 Å². The summed E-state index contributed by atoms with van der Waals surface area (Å²) < 4.78 is 15.2. The third kappa shape index (κ3) is 4.48. The average Bonchev–Trinajstić information content (AvgIpc) is 3.52. The minimum Gasteiger partial charge on any atom is -0.374 e. The molecule has 1 unspecified atom stereocenters. The Balaban J connectivity index is 1.39. The number of hydrogen-bond donors (Lipinski definition) is 4. The summed E-state index contributed by atoms with van der Waals surface area (Å²) in [7, 11) is 0. The van der Waals surface area contributed by atoms with E-state index in [0.717, 1.165) is 54.6 Å². The van der Waals surface area contributed by atoms with Crippen molar-refractivity contribution in [3.8, 4) is 22.6 Å². The molecule has 6 rings (SSSR count). The molecule has 1 fully saturated rings. The van der Waals surface area contributed by atoms with Gasteiger partial charge in [0.25, 0.3) is 0 Å². The lowest BCUT2D eigenvalue weighted by Gasteiger charge is -2.27. The fourth-order valence-electron chi connectivity index (χ4n) is 5.01. The molecule has 4 aromatic heterocycles. The molecule has 1 atom stereocenters. The van der Waals surface area contributed by atoms with Gasteiger partial charge < -0.3 is 20.3 Å². The number of rotatable bonds is 7. The highest BCUT2D eigenvalue weighted by molar-refractivity contribution is 5.97. The number of anilines is 2. The maximum Gasteiger partial charge on any atom is 0.159 e. The number of nitrogens with zero attached hydrogens (tertiary/aromatic N) is 5. The van der Waals surface area contributed by atoms with Crippen molar-refractivity contribution in [3.63, 3.8) is 0 Å². The van der Waals surface area contributed by atoms with E-state index in [0.29, 0.717) is 40.3 Å². The Hall–Kier alpha value is -4.05. The van der Waals surface area contributed by atoms with E-state index in [2.05, 4.69) is 35.4 Å². The molecule has 0 saturated carbocycles. The molecule has 0 aliphatic carbocycles. The normalized spacial score (nSPS) is 14.9. The van der Waals surface area contributed by atoms with Gasteiger partial charge in [0.2, 0.25) is 0 Å². The van der Waals surface area contributed by atoms with Gasteiger partial charge in [-0.2, -0.15) is 5.10 Å². The highest BCUT2D eigenvalue weighted by atomic mass is 19.1. The Morgan fingerprint density at radius 2 is 2.00 bits per heavy atom.